The number of carboxylic acids is 1. The van der Waals surface area contributed by atoms with E-state index in [9.17, 15) is 23.1 Å². The highest BCUT2D eigenvalue weighted by molar-refractivity contribution is 5.81. The molecule has 2 rings (SSSR count). The van der Waals surface area contributed by atoms with Crippen molar-refractivity contribution in [2.45, 2.75) is 44.4 Å². The van der Waals surface area contributed by atoms with Gasteiger partial charge in [0.2, 0.25) is 0 Å². The van der Waals surface area contributed by atoms with Crippen molar-refractivity contribution in [3.8, 4) is 0 Å². The van der Waals surface area contributed by atoms with Crippen LogP contribution >= 0.6 is 0 Å². The lowest BCUT2D eigenvalue weighted by atomic mass is 9.66. The summed E-state index contributed by atoms with van der Waals surface area (Å²) in [6.45, 7) is 2.04. The summed E-state index contributed by atoms with van der Waals surface area (Å²) >= 11 is 0. The summed E-state index contributed by atoms with van der Waals surface area (Å²) in [5.41, 5.74) is -1.28. The molecule has 0 radical (unpaired) electrons. The summed E-state index contributed by atoms with van der Waals surface area (Å²) in [6.07, 6.45) is 3.01. The molecule has 0 saturated heterocycles. The molecule has 1 saturated carbocycles. The molecule has 2 nitrogen and oxygen atoms in total. The molecule has 0 bridgehead atoms. The summed E-state index contributed by atoms with van der Waals surface area (Å²) in [5.74, 6) is -4.89. The van der Waals surface area contributed by atoms with E-state index in [1.165, 1.54) is 0 Å². The molecule has 0 spiro atoms. The van der Waals surface area contributed by atoms with Gasteiger partial charge in [0.1, 0.15) is 0 Å². The van der Waals surface area contributed by atoms with Crippen molar-refractivity contribution in [1.82, 2.24) is 0 Å². The molecule has 1 N–H and O–H groups in total. The van der Waals surface area contributed by atoms with Gasteiger partial charge in [-0.3, -0.25) is 4.79 Å². The van der Waals surface area contributed by atoms with Crippen molar-refractivity contribution in [1.29, 1.82) is 0 Å². The summed E-state index contributed by atoms with van der Waals surface area (Å²) < 4.78 is 39.7. The quantitative estimate of drug-likeness (QED) is 0.852. The van der Waals surface area contributed by atoms with Crippen LogP contribution in [0.25, 0.3) is 0 Å². The second-order valence-corrected chi connectivity index (χ2v) is 5.49. The predicted molar refractivity (Wildman–Crippen MR) is 67.9 cm³/mol. The number of carboxylic acid groups (broad SMARTS) is 1. The Morgan fingerprint density at radius 3 is 2.15 bits per heavy atom. The zero-order valence-corrected chi connectivity index (χ0v) is 11.3. The summed E-state index contributed by atoms with van der Waals surface area (Å²) in [7, 11) is 0. The van der Waals surface area contributed by atoms with Crippen LogP contribution in [0.3, 0.4) is 0 Å². The lowest BCUT2D eigenvalue weighted by Crippen LogP contribution is -2.39. The monoisotopic (exact) mass is 286 g/mol. The van der Waals surface area contributed by atoms with E-state index in [0.29, 0.717) is 31.6 Å². The highest BCUT2D eigenvalue weighted by atomic mass is 19.2. The minimum atomic E-state index is -1.56. The van der Waals surface area contributed by atoms with E-state index in [1.54, 1.807) is 0 Å². The van der Waals surface area contributed by atoms with Gasteiger partial charge in [0.05, 0.1) is 5.41 Å². The Balaban J connectivity index is 2.42. The van der Waals surface area contributed by atoms with E-state index in [0.717, 1.165) is 18.6 Å². The molecule has 5 heteroatoms. The number of halogens is 3. The highest BCUT2D eigenvalue weighted by Gasteiger charge is 2.44. The van der Waals surface area contributed by atoms with Crippen LogP contribution in [-0.4, -0.2) is 11.1 Å². The molecule has 20 heavy (non-hydrogen) atoms. The molecule has 0 unspecified atom stereocenters. The first-order valence-corrected chi connectivity index (χ1v) is 6.79. The Morgan fingerprint density at radius 1 is 1.25 bits per heavy atom. The van der Waals surface area contributed by atoms with Gasteiger partial charge < -0.3 is 5.11 Å². The van der Waals surface area contributed by atoms with Crippen LogP contribution in [0, 0.1) is 23.4 Å². The number of benzene rings is 1. The van der Waals surface area contributed by atoms with E-state index in [2.05, 4.69) is 0 Å². The van der Waals surface area contributed by atoms with Gasteiger partial charge in [0, 0.05) is 0 Å². The zero-order chi connectivity index (χ0) is 14.9. The fourth-order valence-electron chi connectivity index (χ4n) is 3.04. The van der Waals surface area contributed by atoms with Gasteiger partial charge in [0.25, 0.3) is 0 Å². The van der Waals surface area contributed by atoms with Crippen molar-refractivity contribution >= 4 is 5.97 Å². The van der Waals surface area contributed by atoms with Crippen LogP contribution < -0.4 is 0 Å². The Kier molecular flexibility index (Phi) is 4.06. The number of hydrogen-bond donors (Lipinski definition) is 1. The van der Waals surface area contributed by atoms with Gasteiger partial charge in [-0.15, -0.1) is 0 Å². The van der Waals surface area contributed by atoms with Crippen LogP contribution in [0.1, 0.15) is 44.6 Å². The third-order valence-corrected chi connectivity index (χ3v) is 4.48. The standard InChI is InChI=1S/C15H17F3O2/c1-2-9-3-5-15(6-4-9,14(19)20)10-7-11(16)13(18)12(17)8-10/h7-9H,2-6H2,1H3,(H,19,20). The highest BCUT2D eigenvalue weighted by Crippen LogP contribution is 2.43. The molecule has 0 aliphatic heterocycles. The molecule has 1 aromatic rings. The van der Waals surface area contributed by atoms with E-state index < -0.39 is 28.8 Å². The second kappa shape index (κ2) is 5.46. The first-order chi connectivity index (χ1) is 9.40. The molecule has 0 atom stereocenters. The van der Waals surface area contributed by atoms with Crippen molar-refractivity contribution in [2.24, 2.45) is 5.92 Å². The first kappa shape index (κ1) is 14.9. The van der Waals surface area contributed by atoms with Gasteiger partial charge in [-0.25, -0.2) is 13.2 Å². The maximum absolute atomic E-state index is 13.4. The minimum absolute atomic E-state index is 0.0240. The molecular weight excluding hydrogens is 269 g/mol. The molecule has 1 aromatic carbocycles. The Bertz CT molecular complexity index is 497. The Labute approximate surface area is 115 Å². The SMILES string of the molecule is CCC1CCC(C(=O)O)(c2cc(F)c(F)c(F)c2)CC1. The third kappa shape index (κ3) is 2.41. The van der Waals surface area contributed by atoms with Crippen molar-refractivity contribution in [3.05, 3.63) is 35.1 Å². The Morgan fingerprint density at radius 2 is 1.75 bits per heavy atom. The summed E-state index contributed by atoms with van der Waals surface area (Å²) in [4.78, 5) is 11.6. The number of rotatable bonds is 3. The van der Waals surface area contributed by atoms with Crippen LogP contribution in [0.15, 0.2) is 12.1 Å². The van der Waals surface area contributed by atoms with Gasteiger partial charge in [-0.2, -0.15) is 0 Å². The van der Waals surface area contributed by atoms with Crippen LogP contribution in [0.5, 0.6) is 0 Å². The maximum Gasteiger partial charge on any atom is 0.314 e. The van der Waals surface area contributed by atoms with Crippen LogP contribution in [0.4, 0.5) is 13.2 Å². The van der Waals surface area contributed by atoms with Gasteiger partial charge in [-0.05, 0) is 49.3 Å². The average molecular weight is 286 g/mol. The largest absolute Gasteiger partial charge is 0.481 e. The zero-order valence-electron chi connectivity index (χ0n) is 11.3. The lowest BCUT2D eigenvalue weighted by molar-refractivity contribution is -0.145. The lowest BCUT2D eigenvalue weighted by Gasteiger charge is -2.37. The maximum atomic E-state index is 13.4. The molecule has 1 aliphatic rings. The first-order valence-electron chi connectivity index (χ1n) is 6.79. The summed E-state index contributed by atoms with van der Waals surface area (Å²) in [6, 6.07) is 1.64. The molecule has 0 amide bonds. The molecular formula is C15H17F3O2. The van der Waals surface area contributed by atoms with Crippen molar-refractivity contribution < 1.29 is 23.1 Å². The normalized spacial score (nSPS) is 26.5. The molecule has 110 valence electrons. The second-order valence-electron chi connectivity index (χ2n) is 5.49. The average Bonchev–Trinajstić information content (AvgIpc) is 2.44. The molecule has 1 aliphatic carbocycles. The van der Waals surface area contributed by atoms with Crippen molar-refractivity contribution in [2.75, 3.05) is 0 Å². The fourth-order valence-corrected chi connectivity index (χ4v) is 3.04. The molecule has 0 heterocycles. The minimum Gasteiger partial charge on any atom is -0.481 e. The summed E-state index contributed by atoms with van der Waals surface area (Å²) in [5, 5.41) is 9.51. The van der Waals surface area contributed by atoms with E-state index in [-0.39, 0.29) is 5.56 Å². The fraction of sp³-hybridized carbons (Fsp3) is 0.533. The van der Waals surface area contributed by atoms with Crippen molar-refractivity contribution in [3.63, 3.8) is 0 Å². The molecule has 1 fully saturated rings. The Hall–Kier alpha value is -1.52. The predicted octanol–water partition coefficient (Wildman–Crippen LogP) is 4.03. The topological polar surface area (TPSA) is 37.3 Å². The molecule has 0 aromatic heterocycles. The van der Waals surface area contributed by atoms with Gasteiger partial charge in [0.15, 0.2) is 17.5 Å². The van der Waals surface area contributed by atoms with Gasteiger partial charge >= 0.3 is 5.97 Å². The van der Waals surface area contributed by atoms with Crippen LogP contribution in [-0.2, 0) is 10.2 Å². The number of hydrogen-bond acceptors (Lipinski definition) is 1. The smallest absolute Gasteiger partial charge is 0.314 e. The number of carbonyl (C=O) groups is 1. The van der Waals surface area contributed by atoms with Gasteiger partial charge in [-0.1, -0.05) is 13.3 Å². The van der Waals surface area contributed by atoms with Crippen LogP contribution in [0.2, 0.25) is 0 Å². The van der Waals surface area contributed by atoms with E-state index in [4.69, 9.17) is 0 Å². The van der Waals surface area contributed by atoms with E-state index >= 15 is 0 Å². The van der Waals surface area contributed by atoms with E-state index in [1.807, 2.05) is 6.92 Å². The number of aliphatic carboxylic acids is 1. The third-order valence-electron chi connectivity index (χ3n) is 4.48.